The standard InChI is InChI=1S/C4H9NO4S/c1-2-3(4(5)6)10(7,8)9/h3H,2H2,1H3,(H2,5,6)(H,7,8,9). The number of carbonyl (C=O) groups is 1. The molecule has 1 atom stereocenters. The summed E-state index contributed by atoms with van der Waals surface area (Å²) >= 11 is 0. The van der Waals surface area contributed by atoms with Crippen LogP contribution in [0.2, 0.25) is 0 Å². The Morgan fingerprint density at radius 1 is 1.70 bits per heavy atom. The average molecular weight is 167 g/mol. The van der Waals surface area contributed by atoms with Crippen LogP contribution in [0, 0.1) is 0 Å². The summed E-state index contributed by atoms with van der Waals surface area (Å²) in [4.78, 5) is 10.3. The van der Waals surface area contributed by atoms with Gasteiger partial charge in [0.15, 0.2) is 5.25 Å². The Labute approximate surface area is 59.0 Å². The van der Waals surface area contributed by atoms with Crippen LogP contribution in [0.5, 0.6) is 0 Å². The highest BCUT2D eigenvalue weighted by atomic mass is 32.2. The first-order valence-electron chi connectivity index (χ1n) is 2.65. The zero-order chi connectivity index (χ0) is 8.36. The van der Waals surface area contributed by atoms with Crippen LogP contribution in [0.4, 0.5) is 0 Å². The molecule has 0 saturated carbocycles. The zero-order valence-electron chi connectivity index (χ0n) is 5.44. The van der Waals surface area contributed by atoms with Crippen LogP contribution in [0.1, 0.15) is 13.3 Å². The van der Waals surface area contributed by atoms with Crippen molar-refractivity contribution in [1.82, 2.24) is 0 Å². The maximum Gasteiger partial charge on any atom is 0.276 e. The van der Waals surface area contributed by atoms with Gasteiger partial charge in [-0.15, -0.1) is 0 Å². The summed E-state index contributed by atoms with van der Waals surface area (Å²) in [6.45, 7) is 1.45. The van der Waals surface area contributed by atoms with Gasteiger partial charge < -0.3 is 5.73 Å². The maximum absolute atomic E-state index is 10.3. The fraction of sp³-hybridized carbons (Fsp3) is 0.750. The molecule has 0 bridgehead atoms. The van der Waals surface area contributed by atoms with E-state index in [1.54, 1.807) is 0 Å². The lowest BCUT2D eigenvalue weighted by Crippen LogP contribution is -2.34. The monoisotopic (exact) mass is 167 g/mol. The predicted molar refractivity (Wildman–Crippen MR) is 34.8 cm³/mol. The average Bonchev–Trinajstić information content (AvgIpc) is 1.60. The van der Waals surface area contributed by atoms with E-state index >= 15 is 0 Å². The summed E-state index contributed by atoms with van der Waals surface area (Å²) in [5.74, 6) is -1.02. The predicted octanol–water partition coefficient (Wildman–Crippen LogP) is -0.862. The summed E-state index contributed by atoms with van der Waals surface area (Å²) in [6, 6.07) is 0. The summed E-state index contributed by atoms with van der Waals surface area (Å²) in [5.41, 5.74) is 4.66. The first-order valence-corrected chi connectivity index (χ1v) is 4.15. The number of primary amides is 1. The van der Waals surface area contributed by atoms with Crippen molar-refractivity contribution in [2.24, 2.45) is 5.73 Å². The molecule has 60 valence electrons. The van der Waals surface area contributed by atoms with E-state index in [9.17, 15) is 13.2 Å². The van der Waals surface area contributed by atoms with Crippen LogP contribution >= 0.6 is 0 Å². The topological polar surface area (TPSA) is 97.5 Å². The smallest absolute Gasteiger partial charge is 0.276 e. The Hall–Kier alpha value is -0.620. The van der Waals surface area contributed by atoms with Gasteiger partial charge >= 0.3 is 0 Å². The largest absolute Gasteiger partial charge is 0.368 e. The first-order chi connectivity index (χ1) is 4.39. The number of nitrogens with two attached hydrogens (primary N) is 1. The molecule has 0 aliphatic rings. The second kappa shape index (κ2) is 2.98. The van der Waals surface area contributed by atoms with Crippen molar-refractivity contribution < 1.29 is 17.8 Å². The summed E-state index contributed by atoms with van der Waals surface area (Å²) < 4.78 is 28.8. The fourth-order valence-electron chi connectivity index (χ4n) is 0.559. The SMILES string of the molecule is CCC(C(N)=O)S(=O)(=O)O. The van der Waals surface area contributed by atoms with Gasteiger partial charge in [0, 0.05) is 0 Å². The molecule has 1 unspecified atom stereocenters. The number of rotatable bonds is 3. The van der Waals surface area contributed by atoms with Crippen LogP contribution in [-0.2, 0) is 14.9 Å². The van der Waals surface area contributed by atoms with Gasteiger partial charge in [-0.3, -0.25) is 9.35 Å². The Morgan fingerprint density at radius 3 is 2.10 bits per heavy atom. The molecule has 5 nitrogen and oxygen atoms in total. The number of hydrogen-bond donors (Lipinski definition) is 2. The molecule has 0 aromatic carbocycles. The molecular formula is C4H9NO4S. The molecule has 3 N–H and O–H groups in total. The van der Waals surface area contributed by atoms with E-state index in [2.05, 4.69) is 5.73 Å². The van der Waals surface area contributed by atoms with E-state index in [1.165, 1.54) is 6.92 Å². The minimum atomic E-state index is -4.29. The van der Waals surface area contributed by atoms with Gasteiger partial charge in [0.1, 0.15) is 0 Å². The van der Waals surface area contributed by atoms with Crippen molar-refractivity contribution in [2.45, 2.75) is 18.6 Å². The first kappa shape index (κ1) is 9.38. The summed E-state index contributed by atoms with van der Waals surface area (Å²) in [7, 11) is -4.29. The van der Waals surface area contributed by atoms with Crippen LogP contribution < -0.4 is 5.73 Å². The van der Waals surface area contributed by atoms with E-state index in [0.29, 0.717) is 0 Å². The minimum absolute atomic E-state index is 0.00579. The van der Waals surface area contributed by atoms with Crippen LogP contribution in [-0.4, -0.2) is 24.1 Å². The van der Waals surface area contributed by atoms with Gasteiger partial charge in [0.05, 0.1) is 0 Å². The van der Waals surface area contributed by atoms with Crippen molar-refractivity contribution in [3.8, 4) is 0 Å². The van der Waals surface area contributed by atoms with E-state index in [4.69, 9.17) is 4.55 Å². The molecule has 0 spiro atoms. The van der Waals surface area contributed by atoms with Gasteiger partial charge in [-0.1, -0.05) is 6.92 Å². The van der Waals surface area contributed by atoms with Crippen molar-refractivity contribution in [2.75, 3.05) is 0 Å². The Balaban J connectivity index is 4.55. The maximum atomic E-state index is 10.3. The minimum Gasteiger partial charge on any atom is -0.368 e. The van der Waals surface area contributed by atoms with Gasteiger partial charge in [-0.05, 0) is 6.42 Å². The Morgan fingerprint density at radius 2 is 2.10 bits per heavy atom. The van der Waals surface area contributed by atoms with E-state index in [0.717, 1.165) is 0 Å². The van der Waals surface area contributed by atoms with E-state index in [-0.39, 0.29) is 6.42 Å². The van der Waals surface area contributed by atoms with Crippen LogP contribution in [0.15, 0.2) is 0 Å². The fourth-order valence-corrected chi connectivity index (χ4v) is 1.27. The highest BCUT2D eigenvalue weighted by Gasteiger charge is 2.26. The molecule has 0 aromatic rings. The second-order valence-corrected chi connectivity index (χ2v) is 3.41. The van der Waals surface area contributed by atoms with Crippen molar-refractivity contribution >= 4 is 16.0 Å². The van der Waals surface area contributed by atoms with Crippen molar-refractivity contribution in [3.63, 3.8) is 0 Å². The molecule has 0 rings (SSSR count). The number of hydrogen-bond acceptors (Lipinski definition) is 3. The molecule has 0 fully saturated rings. The molecule has 1 amide bonds. The van der Waals surface area contributed by atoms with Crippen molar-refractivity contribution in [1.29, 1.82) is 0 Å². The highest BCUT2D eigenvalue weighted by molar-refractivity contribution is 7.87. The van der Waals surface area contributed by atoms with Gasteiger partial charge in [0.25, 0.3) is 10.1 Å². The highest BCUT2D eigenvalue weighted by Crippen LogP contribution is 2.01. The van der Waals surface area contributed by atoms with Gasteiger partial charge in [-0.25, -0.2) is 0 Å². The van der Waals surface area contributed by atoms with Crippen LogP contribution in [0.25, 0.3) is 0 Å². The quantitative estimate of drug-likeness (QED) is 0.534. The lowest BCUT2D eigenvalue weighted by molar-refractivity contribution is -0.117. The Bertz CT molecular complexity index is 219. The van der Waals surface area contributed by atoms with E-state index in [1.807, 2.05) is 0 Å². The molecular weight excluding hydrogens is 158 g/mol. The molecule has 0 aliphatic heterocycles. The molecule has 0 saturated heterocycles. The zero-order valence-corrected chi connectivity index (χ0v) is 6.26. The van der Waals surface area contributed by atoms with Crippen molar-refractivity contribution in [3.05, 3.63) is 0 Å². The van der Waals surface area contributed by atoms with Gasteiger partial charge in [-0.2, -0.15) is 8.42 Å². The lowest BCUT2D eigenvalue weighted by Gasteiger charge is -2.04. The summed E-state index contributed by atoms with van der Waals surface area (Å²) in [6.07, 6.45) is -0.00579. The second-order valence-electron chi connectivity index (χ2n) is 1.81. The lowest BCUT2D eigenvalue weighted by atomic mass is 10.3. The summed E-state index contributed by atoms with van der Waals surface area (Å²) in [5, 5.41) is -1.47. The molecule has 6 heteroatoms. The molecule has 10 heavy (non-hydrogen) atoms. The normalized spacial score (nSPS) is 14.6. The van der Waals surface area contributed by atoms with Gasteiger partial charge in [0.2, 0.25) is 5.91 Å². The molecule has 0 heterocycles. The third kappa shape index (κ3) is 2.32. The third-order valence-corrected chi connectivity index (χ3v) is 2.33. The van der Waals surface area contributed by atoms with E-state index < -0.39 is 21.3 Å². The Kier molecular flexibility index (Phi) is 2.79. The molecule has 0 radical (unpaired) electrons. The molecule has 0 aliphatic carbocycles. The third-order valence-electron chi connectivity index (χ3n) is 1.05. The number of amides is 1. The number of carbonyl (C=O) groups excluding carboxylic acids is 1. The molecule has 0 aromatic heterocycles. The van der Waals surface area contributed by atoms with Crippen LogP contribution in [0.3, 0.4) is 0 Å².